The highest BCUT2D eigenvalue weighted by Gasteiger charge is 2.51. The van der Waals surface area contributed by atoms with Gasteiger partial charge < -0.3 is 29.0 Å². The zero-order valence-corrected chi connectivity index (χ0v) is 20.5. The van der Waals surface area contributed by atoms with Crippen molar-refractivity contribution in [3.05, 3.63) is 52.2 Å². The molecule has 5 atom stereocenters. The van der Waals surface area contributed by atoms with Gasteiger partial charge in [0.1, 0.15) is 10.6 Å². The fraction of sp³-hybridized carbons (Fsp3) is 0.417. The highest BCUT2D eigenvalue weighted by atomic mass is 32.1. The molecule has 2 heterocycles. The molecule has 0 saturated carbocycles. The van der Waals surface area contributed by atoms with Crippen LogP contribution in [0.15, 0.2) is 41.8 Å². The van der Waals surface area contributed by atoms with Crippen molar-refractivity contribution in [3.63, 3.8) is 0 Å². The maximum atomic E-state index is 12.8. The van der Waals surface area contributed by atoms with Crippen LogP contribution in [0.2, 0.25) is 0 Å². The van der Waals surface area contributed by atoms with Crippen LogP contribution in [0.1, 0.15) is 42.9 Å². The number of rotatable bonds is 8. The van der Waals surface area contributed by atoms with E-state index in [1.807, 2.05) is 30.3 Å². The van der Waals surface area contributed by atoms with E-state index in [0.29, 0.717) is 6.54 Å². The first-order valence-corrected chi connectivity index (χ1v) is 11.8. The van der Waals surface area contributed by atoms with Gasteiger partial charge in [-0.1, -0.05) is 30.3 Å². The third-order valence-corrected chi connectivity index (χ3v) is 5.90. The minimum absolute atomic E-state index is 0.197. The van der Waals surface area contributed by atoms with E-state index in [1.54, 1.807) is 18.4 Å². The first kappa shape index (κ1) is 26.2. The van der Waals surface area contributed by atoms with Crippen LogP contribution in [0.25, 0.3) is 0 Å². The number of esters is 3. The van der Waals surface area contributed by atoms with Crippen molar-refractivity contribution in [2.75, 3.05) is 0 Å². The lowest BCUT2D eigenvalue weighted by molar-refractivity contribution is -0.280. The standard InChI is InChI=1S/C24H27NO9S/c1-13-19(31-14(2)26)20(32-15(3)27)21(33-16(4)28)24(30-13)34-18-10-11-35-22(18)23(29)25-12-17-8-6-5-7-9-17/h5-11,13,19-21,24H,12H2,1-4H3,(H,25,29). The van der Waals surface area contributed by atoms with Gasteiger partial charge in [0.2, 0.25) is 12.4 Å². The van der Waals surface area contributed by atoms with Gasteiger partial charge in [0, 0.05) is 27.3 Å². The Morgan fingerprint density at radius 2 is 1.49 bits per heavy atom. The second-order valence-corrected chi connectivity index (χ2v) is 8.75. The molecule has 35 heavy (non-hydrogen) atoms. The summed E-state index contributed by atoms with van der Waals surface area (Å²) in [7, 11) is 0. The van der Waals surface area contributed by atoms with Gasteiger partial charge >= 0.3 is 17.9 Å². The molecule has 188 valence electrons. The number of thiophene rings is 1. The van der Waals surface area contributed by atoms with Crippen LogP contribution in [0.5, 0.6) is 5.75 Å². The summed E-state index contributed by atoms with van der Waals surface area (Å²) in [5, 5.41) is 4.50. The highest BCUT2D eigenvalue weighted by molar-refractivity contribution is 7.12. The van der Waals surface area contributed by atoms with Crippen LogP contribution in [-0.4, -0.2) is 54.5 Å². The average molecular weight is 506 g/mol. The summed E-state index contributed by atoms with van der Waals surface area (Å²) in [6.45, 7) is 5.48. The molecule has 0 aliphatic carbocycles. The van der Waals surface area contributed by atoms with Crippen LogP contribution in [0.4, 0.5) is 0 Å². The van der Waals surface area contributed by atoms with E-state index >= 15 is 0 Å². The maximum absolute atomic E-state index is 12.8. The number of nitrogens with one attached hydrogen (secondary N) is 1. The van der Waals surface area contributed by atoms with Crippen molar-refractivity contribution in [2.45, 2.75) is 64.9 Å². The van der Waals surface area contributed by atoms with Gasteiger partial charge in [0.15, 0.2) is 12.2 Å². The number of benzene rings is 1. The fourth-order valence-corrected chi connectivity index (χ4v) is 4.34. The molecule has 1 aliphatic rings. The molecule has 5 unspecified atom stereocenters. The molecule has 0 bridgehead atoms. The number of ether oxygens (including phenoxy) is 5. The van der Waals surface area contributed by atoms with E-state index in [-0.39, 0.29) is 16.5 Å². The topological polar surface area (TPSA) is 126 Å². The summed E-state index contributed by atoms with van der Waals surface area (Å²) >= 11 is 1.16. The molecule has 3 rings (SSSR count). The number of amides is 1. The van der Waals surface area contributed by atoms with Gasteiger partial charge in [-0.25, -0.2) is 0 Å². The van der Waals surface area contributed by atoms with Crippen LogP contribution in [0, 0.1) is 0 Å². The molecule has 1 aliphatic heterocycles. The molecule has 0 spiro atoms. The Morgan fingerprint density at radius 3 is 2.11 bits per heavy atom. The monoisotopic (exact) mass is 505 g/mol. The summed E-state index contributed by atoms with van der Waals surface area (Å²) in [5.41, 5.74) is 0.931. The molecule has 1 saturated heterocycles. The minimum Gasteiger partial charge on any atom is -0.459 e. The van der Waals surface area contributed by atoms with Gasteiger partial charge in [-0.2, -0.15) is 0 Å². The lowest BCUT2D eigenvalue weighted by atomic mass is 9.99. The van der Waals surface area contributed by atoms with Crippen LogP contribution in [-0.2, 0) is 39.9 Å². The van der Waals surface area contributed by atoms with Crippen LogP contribution >= 0.6 is 11.3 Å². The summed E-state index contributed by atoms with van der Waals surface area (Å²) in [5.74, 6) is -2.15. The van der Waals surface area contributed by atoms with Gasteiger partial charge in [0.25, 0.3) is 5.91 Å². The Morgan fingerprint density at radius 1 is 0.886 bits per heavy atom. The summed E-state index contributed by atoms with van der Waals surface area (Å²) in [4.78, 5) is 48.4. The lowest BCUT2D eigenvalue weighted by Gasteiger charge is -2.43. The van der Waals surface area contributed by atoms with Crippen LogP contribution in [0.3, 0.4) is 0 Å². The van der Waals surface area contributed by atoms with Crippen molar-refractivity contribution in [1.29, 1.82) is 0 Å². The lowest BCUT2D eigenvalue weighted by Crippen LogP contribution is -2.62. The molecule has 1 amide bonds. The second-order valence-electron chi connectivity index (χ2n) is 7.83. The number of carbonyl (C=O) groups is 4. The molecular weight excluding hydrogens is 478 g/mol. The first-order valence-electron chi connectivity index (χ1n) is 10.9. The molecule has 1 fully saturated rings. The van der Waals surface area contributed by atoms with E-state index < -0.39 is 48.6 Å². The maximum Gasteiger partial charge on any atom is 0.303 e. The van der Waals surface area contributed by atoms with Crippen molar-refractivity contribution >= 4 is 35.2 Å². The molecule has 1 aromatic heterocycles. The number of carbonyl (C=O) groups excluding carboxylic acids is 4. The van der Waals surface area contributed by atoms with Gasteiger partial charge in [-0.05, 0) is 23.9 Å². The van der Waals surface area contributed by atoms with Crippen LogP contribution < -0.4 is 10.1 Å². The molecule has 11 heteroatoms. The first-order chi connectivity index (χ1) is 16.7. The minimum atomic E-state index is -1.27. The van der Waals surface area contributed by atoms with E-state index in [9.17, 15) is 19.2 Å². The summed E-state index contributed by atoms with van der Waals surface area (Å²) in [6.07, 6.45) is -5.54. The average Bonchev–Trinajstić information content (AvgIpc) is 3.25. The Hall–Kier alpha value is -3.44. The number of hydrogen-bond acceptors (Lipinski definition) is 10. The Kier molecular flexibility index (Phi) is 8.83. The predicted octanol–water partition coefficient (Wildman–Crippen LogP) is 2.60. The van der Waals surface area contributed by atoms with Crippen molar-refractivity contribution in [2.24, 2.45) is 0 Å². The summed E-state index contributed by atoms with van der Waals surface area (Å²) in [6, 6.07) is 11.0. The van der Waals surface area contributed by atoms with Crippen molar-refractivity contribution in [3.8, 4) is 5.75 Å². The Bertz CT molecular complexity index is 1050. The smallest absolute Gasteiger partial charge is 0.303 e. The number of hydrogen-bond donors (Lipinski definition) is 1. The zero-order valence-electron chi connectivity index (χ0n) is 19.7. The molecular formula is C24H27NO9S. The zero-order chi connectivity index (χ0) is 25.5. The van der Waals surface area contributed by atoms with Gasteiger partial charge in [-0.3, -0.25) is 19.2 Å². The van der Waals surface area contributed by atoms with Gasteiger partial charge in [-0.15, -0.1) is 11.3 Å². The summed E-state index contributed by atoms with van der Waals surface area (Å²) < 4.78 is 27.9. The highest BCUT2D eigenvalue weighted by Crippen LogP contribution is 2.33. The largest absolute Gasteiger partial charge is 0.459 e. The fourth-order valence-electron chi connectivity index (χ4n) is 3.60. The van der Waals surface area contributed by atoms with Crippen molar-refractivity contribution < 1.29 is 42.9 Å². The Balaban J connectivity index is 1.82. The third-order valence-electron chi connectivity index (χ3n) is 5.01. The van der Waals surface area contributed by atoms with E-state index in [1.165, 1.54) is 20.8 Å². The van der Waals surface area contributed by atoms with E-state index in [2.05, 4.69) is 5.32 Å². The molecule has 0 radical (unpaired) electrons. The molecule has 1 N–H and O–H groups in total. The van der Waals surface area contributed by atoms with E-state index in [0.717, 1.165) is 16.9 Å². The molecule has 2 aromatic rings. The molecule has 1 aromatic carbocycles. The second kappa shape index (κ2) is 11.8. The van der Waals surface area contributed by atoms with Crippen molar-refractivity contribution in [1.82, 2.24) is 5.32 Å². The normalized spacial score (nSPS) is 23.6. The quantitative estimate of drug-likeness (QED) is 0.425. The third kappa shape index (κ3) is 7.03. The Labute approximate surface area is 206 Å². The van der Waals surface area contributed by atoms with Gasteiger partial charge in [0.05, 0.1) is 6.10 Å². The predicted molar refractivity (Wildman–Crippen MR) is 124 cm³/mol. The van der Waals surface area contributed by atoms with E-state index in [4.69, 9.17) is 23.7 Å². The SMILES string of the molecule is CC(=O)OC1C(C)OC(Oc2ccsc2C(=O)NCc2ccccc2)C(OC(C)=O)C1OC(C)=O. The molecule has 10 nitrogen and oxygen atoms in total.